The third-order valence-corrected chi connectivity index (χ3v) is 5.99. The molecule has 1 aliphatic heterocycles. The number of aromatic nitrogens is 3. The summed E-state index contributed by atoms with van der Waals surface area (Å²) in [5.74, 6) is 3.43. The summed E-state index contributed by atoms with van der Waals surface area (Å²) in [5.41, 5.74) is 2.39. The maximum Gasteiger partial charge on any atom is 0.192 e. The standard InChI is InChI=1S/C25H33N7O.HI/c1-19-29-30-24(32(19)3)18-27-25(26-15-9-16-31(2)20-10-5-4-6-11-20)28-22-14-17-33-23-13-8-7-12-21(22)23;/h4-8,10-13,22H,9,14-18H2,1-3H3,(H2,26,27,28);1H. The van der Waals surface area contributed by atoms with Gasteiger partial charge in [0.25, 0.3) is 0 Å². The lowest BCUT2D eigenvalue weighted by atomic mass is 10.0. The molecule has 0 spiro atoms. The van der Waals surface area contributed by atoms with Crippen LogP contribution in [0.1, 0.15) is 36.1 Å². The van der Waals surface area contributed by atoms with Crippen LogP contribution in [0, 0.1) is 6.92 Å². The number of para-hydroxylation sites is 2. The second-order valence-corrected chi connectivity index (χ2v) is 8.30. The van der Waals surface area contributed by atoms with E-state index >= 15 is 0 Å². The van der Waals surface area contributed by atoms with E-state index in [-0.39, 0.29) is 30.0 Å². The van der Waals surface area contributed by atoms with Crippen LogP contribution in [0.5, 0.6) is 5.75 Å². The van der Waals surface area contributed by atoms with E-state index in [4.69, 9.17) is 9.73 Å². The molecule has 1 aromatic heterocycles. The molecular formula is C25H34IN7O. The highest BCUT2D eigenvalue weighted by Crippen LogP contribution is 2.31. The van der Waals surface area contributed by atoms with Gasteiger partial charge in [-0.1, -0.05) is 36.4 Å². The number of aliphatic imine (C=N–C) groups is 1. The molecule has 4 rings (SSSR count). The SMILES string of the molecule is Cc1nnc(CN=C(NCCCN(C)c2ccccc2)NC2CCOc3ccccc32)n1C.I. The Morgan fingerprint density at radius 1 is 1.15 bits per heavy atom. The van der Waals surface area contributed by atoms with Crippen LogP contribution in [-0.2, 0) is 13.6 Å². The molecule has 0 aliphatic carbocycles. The fourth-order valence-electron chi connectivity index (χ4n) is 3.88. The summed E-state index contributed by atoms with van der Waals surface area (Å²) in [7, 11) is 4.09. The molecule has 1 aliphatic rings. The van der Waals surface area contributed by atoms with Gasteiger partial charge in [-0.25, -0.2) is 4.99 Å². The van der Waals surface area contributed by atoms with Crippen molar-refractivity contribution >= 4 is 35.6 Å². The molecule has 0 fully saturated rings. The minimum Gasteiger partial charge on any atom is -0.493 e. The molecule has 1 atom stereocenters. The van der Waals surface area contributed by atoms with Gasteiger partial charge in [0, 0.05) is 44.9 Å². The number of anilines is 1. The van der Waals surface area contributed by atoms with E-state index in [1.807, 2.05) is 42.8 Å². The average molecular weight is 575 g/mol. The minimum absolute atomic E-state index is 0. The summed E-state index contributed by atoms with van der Waals surface area (Å²) in [6, 6.07) is 18.8. The number of halogens is 1. The average Bonchev–Trinajstić information content (AvgIpc) is 3.17. The van der Waals surface area contributed by atoms with Crippen LogP contribution < -0.4 is 20.3 Å². The predicted octanol–water partition coefficient (Wildman–Crippen LogP) is 3.83. The van der Waals surface area contributed by atoms with Crippen molar-refractivity contribution in [3.63, 3.8) is 0 Å². The molecule has 3 aromatic rings. The van der Waals surface area contributed by atoms with Crippen molar-refractivity contribution in [1.82, 2.24) is 25.4 Å². The second kappa shape index (κ2) is 12.6. The lowest BCUT2D eigenvalue weighted by Crippen LogP contribution is -2.42. The summed E-state index contributed by atoms with van der Waals surface area (Å²) in [6.45, 7) is 4.85. The van der Waals surface area contributed by atoms with E-state index in [1.54, 1.807) is 0 Å². The Kier molecular flexibility index (Phi) is 9.55. The van der Waals surface area contributed by atoms with E-state index < -0.39 is 0 Å². The Balaban J connectivity index is 0.00000324. The van der Waals surface area contributed by atoms with Crippen molar-refractivity contribution in [3.8, 4) is 5.75 Å². The molecule has 2 heterocycles. The number of benzene rings is 2. The van der Waals surface area contributed by atoms with Gasteiger partial charge in [0.15, 0.2) is 11.8 Å². The van der Waals surface area contributed by atoms with Crippen molar-refractivity contribution in [1.29, 1.82) is 0 Å². The summed E-state index contributed by atoms with van der Waals surface area (Å²) in [5, 5.41) is 15.5. The normalized spacial score (nSPS) is 15.0. The predicted molar refractivity (Wildman–Crippen MR) is 147 cm³/mol. The number of rotatable bonds is 8. The van der Waals surface area contributed by atoms with Gasteiger partial charge in [0.05, 0.1) is 12.6 Å². The fourth-order valence-corrected chi connectivity index (χ4v) is 3.88. The number of ether oxygens (including phenoxy) is 1. The maximum absolute atomic E-state index is 5.82. The van der Waals surface area contributed by atoms with E-state index in [2.05, 4.69) is 63.1 Å². The summed E-state index contributed by atoms with van der Waals surface area (Å²) < 4.78 is 7.79. The Morgan fingerprint density at radius 3 is 2.68 bits per heavy atom. The van der Waals surface area contributed by atoms with Gasteiger partial charge in [0.2, 0.25) is 0 Å². The van der Waals surface area contributed by atoms with Crippen LogP contribution in [-0.4, -0.2) is 47.5 Å². The maximum atomic E-state index is 5.82. The van der Waals surface area contributed by atoms with E-state index in [9.17, 15) is 0 Å². The third-order valence-electron chi connectivity index (χ3n) is 5.99. The lowest BCUT2D eigenvalue weighted by molar-refractivity contribution is 0.261. The van der Waals surface area contributed by atoms with Crippen LogP contribution in [0.25, 0.3) is 0 Å². The van der Waals surface area contributed by atoms with Crippen LogP contribution in [0.15, 0.2) is 59.6 Å². The summed E-state index contributed by atoms with van der Waals surface area (Å²) >= 11 is 0. The van der Waals surface area contributed by atoms with Crippen molar-refractivity contribution in [3.05, 3.63) is 71.8 Å². The molecule has 34 heavy (non-hydrogen) atoms. The number of nitrogens with one attached hydrogen (secondary N) is 2. The highest BCUT2D eigenvalue weighted by Gasteiger charge is 2.22. The van der Waals surface area contributed by atoms with Gasteiger partial charge in [0.1, 0.15) is 18.1 Å². The summed E-state index contributed by atoms with van der Waals surface area (Å²) in [4.78, 5) is 7.09. The van der Waals surface area contributed by atoms with Gasteiger partial charge in [-0.15, -0.1) is 34.2 Å². The first-order chi connectivity index (χ1) is 16.1. The molecule has 1 unspecified atom stereocenters. The molecule has 8 nitrogen and oxygen atoms in total. The molecule has 9 heteroatoms. The van der Waals surface area contributed by atoms with E-state index in [0.29, 0.717) is 13.2 Å². The zero-order valence-electron chi connectivity index (χ0n) is 20.1. The first-order valence-corrected chi connectivity index (χ1v) is 11.5. The highest BCUT2D eigenvalue weighted by atomic mass is 127. The number of aryl methyl sites for hydroxylation is 1. The van der Waals surface area contributed by atoms with Crippen LogP contribution in [0.4, 0.5) is 5.69 Å². The van der Waals surface area contributed by atoms with Crippen molar-refractivity contribution in [2.75, 3.05) is 31.6 Å². The van der Waals surface area contributed by atoms with E-state index in [0.717, 1.165) is 54.9 Å². The largest absolute Gasteiger partial charge is 0.493 e. The second-order valence-electron chi connectivity index (χ2n) is 8.30. The number of fused-ring (bicyclic) bond motifs is 1. The minimum atomic E-state index is 0. The number of hydrogen-bond acceptors (Lipinski definition) is 5. The quantitative estimate of drug-likeness (QED) is 0.184. The topological polar surface area (TPSA) is 79.6 Å². The molecule has 182 valence electrons. The molecule has 0 saturated heterocycles. The smallest absolute Gasteiger partial charge is 0.192 e. The van der Waals surface area contributed by atoms with Crippen molar-refractivity contribution < 1.29 is 4.74 Å². The highest BCUT2D eigenvalue weighted by molar-refractivity contribution is 14.0. The van der Waals surface area contributed by atoms with Crippen molar-refractivity contribution in [2.45, 2.75) is 32.4 Å². The summed E-state index contributed by atoms with van der Waals surface area (Å²) in [6.07, 6.45) is 1.87. The van der Waals surface area contributed by atoms with Crippen LogP contribution >= 0.6 is 24.0 Å². The monoisotopic (exact) mass is 575 g/mol. The number of hydrogen-bond donors (Lipinski definition) is 2. The molecule has 0 radical (unpaired) electrons. The number of nitrogens with zero attached hydrogens (tertiary/aromatic N) is 5. The molecule has 0 bridgehead atoms. The third kappa shape index (κ3) is 6.62. The first kappa shape index (κ1) is 25.8. The Morgan fingerprint density at radius 2 is 1.91 bits per heavy atom. The fraction of sp³-hybridized carbons (Fsp3) is 0.400. The molecule has 0 amide bonds. The van der Waals surface area contributed by atoms with Gasteiger partial charge in [-0.05, 0) is 31.5 Å². The molecular weight excluding hydrogens is 541 g/mol. The lowest BCUT2D eigenvalue weighted by Gasteiger charge is -2.28. The molecule has 2 N–H and O–H groups in total. The Bertz CT molecular complexity index is 1070. The van der Waals surface area contributed by atoms with Crippen LogP contribution in [0.3, 0.4) is 0 Å². The van der Waals surface area contributed by atoms with Gasteiger partial charge >= 0.3 is 0 Å². The van der Waals surface area contributed by atoms with E-state index in [1.165, 1.54) is 5.69 Å². The zero-order chi connectivity index (χ0) is 23.0. The van der Waals surface area contributed by atoms with Gasteiger partial charge < -0.3 is 24.8 Å². The Labute approximate surface area is 218 Å². The number of guanidine groups is 1. The Hall–Kier alpha value is -2.82. The van der Waals surface area contributed by atoms with Gasteiger partial charge in [-0.2, -0.15) is 0 Å². The molecule has 0 saturated carbocycles. The molecule has 2 aromatic carbocycles. The van der Waals surface area contributed by atoms with Gasteiger partial charge in [-0.3, -0.25) is 0 Å². The first-order valence-electron chi connectivity index (χ1n) is 11.5. The zero-order valence-corrected chi connectivity index (χ0v) is 22.4. The van der Waals surface area contributed by atoms with Crippen molar-refractivity contribution in [2.24, 2.45) is 12.0 Å². The van der Waals surface area contributed by atoms with Crippen LogP contribution in [0.2, 0.25) is 0 Å².